The predicted octanol–water partition coefficient (Wildman–Crippen LogP) is 2.31. The SMILES string of the molecule is CN=C(NCc1ccc2c(c1)OCO2)NCc1cc(OC)c(OC)c(OC)c1. The van der Waals surface area contributed by atoms with Crippen molar-refractivity contribution < 1.29 is 23.7 Å². The van der Waals surface area contributed by atoms with E-state index in [1.54, 1.807) is 28.4 Å². The van der Waals surface area contributed by atoms with Crippen LogP contribution in [0.4, 0.5) is 0 Å². The van der Waals surface area contributed by atoms with Gasteiger partial charge in [0, 0.05) is 20.1 Å². The summed E-state index contributed by atoms with van der Waals surface area (Å²) in [5, 5.41) is 6.56. The van der Waals surface area contributed by atoms with E-state index in [0.29, 0.717) is 36.3 Å². The van der Waals surface area contributed by atoms with Crippen molar-refractivity contribution in [1.82, 2.24) is 10.6 Å². The van der Waals surface area contributed by atoms with Gasteiger partial charge in [0.2, 0.25) is 12.5 Å². The number of ether oxygens (including phenoxy) is 5. The van der Waals surface area contributed by atoms with Gasteiger partial charge in [-0.15, -0.1) is 0 Å². The monoisotopic (exact) mass is 387 g/mol. The predicted molar refractivity (Wildman–Crippen MR) is 106 cm³/mol. The van der Waals surface area contributed by atoms with Crippen molar-refractivity contribution in [2.24, 2.45) is 4.99 Å². The van der Waals surface area contributed by atoms with Gasteiger partial charge >= 0.3 is 0 Å². The van der Waals surface area contributed by atoms with Gasteiger partial charge < -0.3 is 34.3 Å². The van der Waals surface area contributed by atoms with Crippen LogP contribution in [0.2, 0.25) is 0 Å². The lowest BCUT2D eigenvalue weighted by Crippen LogP contribution is -2.36. The molecule has 0 saturated heterocycles. The van der Waals surface area contributed by atoms with E-state index in [4.69, 9.17) is 23.7 Å². The van der Waals surface area contributed by atoms with E-state index in [9.17, 15) is 0 Å². The summed E-state index contributed by atoms with van der Waals surface area (Å²) in [5.74, 6) is 4.00. The summed E-state index contributed by atoms with van der Waals surface area (Å²) < 4.78 is 26.9. The van der Waals surface area contributed by atoms with Gasteiger partial charge in [-0.1, -0.05) is 6.07 Å². The molecule has 0 saturated carbocycles. The Kier molecular flexibility index (Phi) is 6.31. The third-order valence-corrected chi connectivity index (χ3v) is 4.31. The lowest BCUT2D eigenvalue weighted by atomic mass is 10.1. The van der Waals surface area contributed by atoms with Crippen molar-refractivity contribution in [2.75, 3.05) is 35.2 Å². The number of rotatable bonds is 7. The van der Waals surface area contributed by atoms with Crippen LogP contribution in [0.5, 0.6) is 28.7 Å². The Morgan fingerprint density at radius 1 is 0.893 bits per heavy atom. The van der Waals surface area contributed by atoms with Crippen LogP contribution in [-0.2, 0) is 13.1 Å². The fourth-order valence-corrected chi connectivity index (χ4v) is 2.88. The zero-order valence-corrected chi connectivity index (χ0v) is 16.5. The van der Waals surface area contributed by atoms with Crippen molar-refractivity contribution >= 4 is 5.96 Å². The summed E-state index contributed by atoms with van der Waals surface area (Å²) in [5.41, 5.74) is 2.04. The number of benzene rings is 2. The zero-order valence-electron chi connectivity index (χ0n) is 16.5. The average Bonchev–Trinajstić information content (AvgIpc) is 3.20. The number of nitrogens with one attached hydrogen (secondary N) is 2. The minimum Gasteiger partial charge on any atom is -0.493 e. The van der Waals surface area contributed by atoms with Crippen LogP contribution >= 0.6 is 0 Å². The Balaban J connectivity index is 1.61. The van der Waals surface area contributed by atoms with Crippen molar-refractivity contribution in [2.45, 2.75) is 13.1 Å². The molecule has 0 spiro atoms. The molecule has 0 radical (unpaired) electrons. The quantitative estimate of drug-likeness (QED) is 0.557. The van der Waals surface area contributed by atoms with Gasteiger partial charge in [0.15, 0.2) is 29.0 Å². The summed E-state index contributed by atoms with van der Waals surface area (Å²) in [6, 6.07) is 9.67. The van der Waals surface area contributed by atoms with Crippen molar-refractivity contribution in [3.63, 3.8) is 0 Å². The molecule has 8 heteroatoms. The Labute approximate surface area is 164 Å². The van der Waals surface area contributed by atoms with E-state index in [0.717, 1.165) is 22.6 Å². The normalized spacial score (nSPS) is 12.5. The summed E-state index contributed by atoms with van der Waals surface area (Å²) in [7, 11) is 6.51. The molecule has 1 aliphatic rings. The van der Waals surface area contributed by atoms with Crippen molar-refractivity contribution in [3.8, 4) is 28.7 Å². The number of methoxy groups -OCH3 is 3. The molecule has 2 aromatic rings. The van der Waals surface area contributed by atoms with Gasteiger partial charge in [0.1, 0.15) is 0 Å². The lowest BCUT2D eigenvalue weighted by molar-refractivity contribution is 0.174. The molecule has 8 nitrogen and oxygen atoms in total. The molecule has 0 amide bonds. The highest BCUT2D eigenvalue weighted by atomic mass is 16.7. The second-order valence-corrected chi connectivity index (χ2v) is 6.00. The fraction of sp³-hybridized carbons (Fsp3) is 0.350. The summed E-state index contributed by atoms with van der Waals surface area (Å²) >= 11 is 0. The van der Waals surface area contributed by atoms with Gasteiger partial charge in [-0.25, -0.2) is 0 Å². The van der Waals surface area contributed by atoms with Gasteiger partial charge in [-0.2, -0.15) is 0 Å². The third-order valence-electron chi connectivity index (χ3n) is 4.31. The minimum atomic E-state index is 0.268. The number of hydrogen-bond donors (Lipinski definition) is 2. The van der Waals surface area contributed by atoms with E-state index < -0.39 is 0 Å². The van der Waals surface area contributed by atoms with Crippen LogP contribution in [0.1, 0.15) is 11.1 Å². The van der Waals surface area contributed by atoms with E-state index in [-0.39, 0.29) is 6.79 Å². The highest BCUT2D eigenvalue weighted by molar-refractivity contribution is 5.79. The summed E-state index contributed by atoms with van der Waals surface area (Å²) in [6.45, 7) is 1.41. The first kappa shape index (κ1) is 19.5. The first-order valence-electron chi connectivity index (χ1n) is 8.80. The summed E-state index contributed by atoms with van der Waals surface area (Å²) in [4.78, 5) is 4.26. The highest BCUT2D eigenvalue weighted by Gasteiger charge is 2.14. The second kappa shape index (κ2) is 9.07. The van der Waals surface area contributed by atoms with Crippen LogP contribution in [0.3, 0.4) is 0 Å². The smallest absolute Gasteiger partial charge is 0.231 e. The molecule has 0 aromatic heterocycles. The molecule has 0 unspecified atom stereocenters. The standard InChI is InChI=1S/C20H25N3O5/c1-21-20(22-10-13-5-6-15-16(7-13)28-12-27-15)23-11-14-8-17(24-2)19(26-4)18(9-14)25-3/h5-9H,10-12H2,1-4H3,(H2,21,22,23). The van der Waals surface area contributed by atoms with Crippen molar-refractivity contribution in [3.05, 3.63) is 41.5 Å². The molecule has 0 aliphatic carbocycles. The zero-order chi connectivity index (χ0) is 19.9. The molecule has 2 aromatic carbocycles. The molecule has 150 valence electrons. The largest absolute Gasteiger partial charge is 0.493 e. The number of guanidine groups is 1. The third kappa shape index (κ3) is 4.33. The molecule has 1 aliphatic heterocycles. The molecular weight excluding hydrogens is 362 g/mol. The van der Waals surface area contributed by atoms with Crippen LogP contribution in [0.15, 0.2) is 35.3 Å². The van der Waals surface area contributed by atoms with Crippen LogP contribution in [0.25, 0.3) is 0 Å². The van der Waals surface area contributed by atoms with Crippen LogP contribution in [-0.4, -0.2) is 41.1 Å². The Morgan fingerprint density at radius 3 is 2.14 bits per heavy atom. The van der Waals surface area contributed by atoms with Gasteiger partial charge in [-0.3, -0.25) is 4.99 Å². The Bertz CT molecular complexity index is 829. The van der Waals surface area contributed by atoms with E-state index >= 15 is 0 Å². The maximum absolute atomic E-state index is 5.41. The molecule has 3 rings (SSSR count). The number of fused-ring (bicyclic) bond motifs is 1. The van der Waals surface area contributed by atoms with Crippen LogP contribution in [0, 0.1) is 0 Å². The van der Waals surface area contributed by atoms with Gasteiger partial charge in [0.05, 0.1) is 21.3 Å². The molecule has 1 heterocycles. The molecule has 28 heavy (non-hydrogen) atoms. The molecule has 0 fully saturated rings. The van der Waals surface area contributed by atoms with Gasteiger partial charge in [0.25, 0.3) is 0 Å². The average molecular weight is 387 g/mol. The number of hydrogen-bond acceptors (Lipinski definition) is 6. The molecule has 2 N–H and O–H groups in total. The maximum atomic E-state index is 5.41. The topological polar surface area (TPSA) is 82.6 Å². The summed E-state index contributed by atoms with van der Waals surface area (Å²) in [6.07, 6.45) is 0. The van der Waals surface area contributed by atoms with E-state index in [2.05, 4.69) is 15.6 Å². The van der Waals surface area contributed by atoms with E-state index in [1.165, 1.54) is 0 Å². The second-order valence-electron chi connectivity index (χ2n) is 6.00. The fourth-order valence-electron chi connectivity index (χ4n) is 2.88. The van der Waals surface area contributed by atoms with Crippen molar-refractivity contribution in [1.29, 1.82) is 0 Å². The maximum Gasteiger partial charge on any atom is 0.231 e. The minimum absolute atomic E-state index is 0.268. The number of nitrogens with zero attached hydrogens (tertiary/aromatic N) is 1. The number of aliphatic imine (C=N–C) groups is 1. The van der Waals surface area contributed by atoms with Crippen LogP contribution < -0.4 is 34.3 Å². The Morgan fingerprint density at radius 2 is 1.54 bits per heavy atom. The van der Waals surface area contributed by atoms with E-state index in [1.807, 2.05) is 30.3 Å². The molecular formula is C20H25N3O5. The molecule has 0 bridgehead atoms. The first-order valence-corrected chi connectivity index (χ1v) is 8.80. The highest BCUT2D eigenvalue weighted by Crippen LogP contribution is 2.38. The first-order chi connectivity index (χ1) is 13.7. The molecule has 0 atom stereocenters. The Hall–Kier alpha value is -3.29. The van der Waals surface area contributed by atoms with Gasteiger partial charge in [-0.05, 0) is 35.4 Å². The lowest BCUT2D eigenvalue weighted by Gasteiger charge is -2.16.